The van der Waals surface area contributed by atoms with E-state index in [9.17, 15) is 9.90 Å². The number of carbonyl (C=O) groups excluding carboxylic acids is 1. The number of piperidine rings is 1. The minimum absolute atomic E-state index is 0.245. The Labute approximate surface area is 115 Å². The zero-order chi connectivity index (χ0) is 13.7. The number of nitrogens with zero attached hydrogens (tertiary/aromatic N) is 2. The third kappa shape index (κ3) is 4.44. The van der Waals surface area contributed by atoms with Gasteiger partial charge in [0.25, 0.3) is 0 Å². The van der Waals surface area contributed by atoms with E-state index in [0.717, 1.165) is 58.8 Å². The Bertz CT molecular complexity index is 282. The molecule has 0 aromatic rings. The van der Waals surface area contributed by atoms with Crippen LogP contribution in [0.3, 0.4) is 0 Å². The van der Waals surface area contributed by atoms with Crippen molar-refractivity contribution in [3.05, 3.63) is 0 Å². The summed E-state index contributed by atoms with van der Waals surface area (Å²) in [7, 11) is 0. The number of carbonyl (C=O) groups is 1. The van der Waals surface area contributed by atoms with Crippen molar-refractivity contribution in [2.24, 2.45) is 5.92 Å². The number of amides is 1. The standard InChI is InChI=1S/C14H26N2O3/c1-12(17)13-2-6-16(7-3-13)14(18)4-5-15-8-10-19-11-9-15/h12-13,17H,2-11H2,1H3. The average Bonchev–Trinajstić information content (AvgIpc) is 2.46. The van der Waals surface area contributed by atoms with E-state index in [2.05, 4.69) is 4.90 Å². The second-order valence-electron chi connectivity index (χ2n) is 5.66. The van der Waals surface area contributed by atoms with E-state index < -0.39 is 0 Å². The fourth-order valence-electron chi connectivity index (χ4n) is 2.87. The molecule has 2 saturated heterocycles. The predicted octanol–water partition coefficient (Wildman–Crippen LogP) is 0.328. The van der Waals surface area contributed by atoms with Crippen LogP contribution in [-0.4, -0.2) is 72.9 Å². The zero-order valence-corrected chi connectivity index (χ0v) is 11.9. The van der Waals surface area contributed by atoms with Gasteiger partial charge in [-0.2, -0.15) is 0 Å². The number of likely N-dealkylation sites (tertiary alicyclic amines) is 1. The maximum Gasteiger partial charge on any atom is 0.223 e. The number of aliphatic hydroxyl groups excluding tert-OH is 1. The first-order valence-electron chi connectivity index (χ1n) is 7.43. The van der Waals surface area contributed by atoms with Crippen LogP contribution in [0, 0.1) is 5.92 Å². The summed E-state index contributed by atoms with van der Waals surface area (Å²) in [5.41, 5.74) is 0. The summed E-state index contributed by atoms with van der Waals surface area (Å²) in [6, 6.07) is 0. The Morgan fingerprint density at radius 1 is 1.26 bits per heavy atom. The molecule has 1 amide bonds. The van der Waals surface area contributed by atoms with Gasteiger partial charge in [0.15, 0.2) is 0 Å². The molecule has 0 aliphatic carbocycles. The van der Waals surface area contributed by atoms with Crippen LogP contribution in [-0.2, 0) is 9.53 Å². The lowest BCUT2D eigenvalue weighted by atomic mass is 9.92. The molecule has 0 radical (unpaired) electrons. The number of hydrogen-bond acceptors (Lipinski definition) is 4. The van der Waals surface area contributed by atoms with Crippen molar-refractivity contribution in [1.82, 2.24) is 9.80 Å². The predicted molar refractivity (Wildman–Crippen MR) is 72.9 cm³/mol. The van der Waals surface area contributed by atoms with Gasteiger partial charge in [-0.05, 0) is 25.7 Å². The molecule has 2 heterocycles. The molecule has 2 rings (SSSR count). The Hall–Kier alpha value is -0.650. The molecule has 1 N–H and O–H groups in total. The van der Waals surface area contributed by atoms with E-state index in [1.165, 1.54) is 0 Å². The third-order valence-corrected chi connectivity index (χ3v) is 4.32. The van der Waals surface area contributed by atoms with Gasteiger partial charge in [-0.1, -0.05) is 0 Å². The van der Waals surface area contributed by atoms with Gasteiger partial charge in [0.2, 0.25) is 5.91 Å². The van der Waals surface area contributed by atoms with Gasteiger partial charge in [-0.15, -0.1) is 0 Å². The van der Waals surface area contributed by atoms with Crippen molar-refractivity contribution in [1.29, 1.82) is 0 Å². The van der Waals surface area contributed by atoms with Crippen LogP contribution >= 0.6 is 0 Å². The SMILES string of the molecule is CC(O)C1CCN(C(=O)CCN2CCOCC2)CC1. The first kappa shape index (κ1) is 14.8. The molecule has 0 bridgehead atoms. The number of hydrogen-bond donors (Lipinski definition) is 1. The van der Waals surface area contributed by atoms with Gasteiger partial charge in [-0.3, -0.25) is 9.69 Å². The second-order valence-corrected chi connectivity index (χ2v) is 5.66. The van der Waals surface area contributed by atoms with Crippen LogP contribution in [0.4, 0.5) is 0 Å². The van der Waals surface area contributed by atoms with Crippen molar-refractivity contribution < 1.29 is 14.6 Å². The summed E-state index contributed by atoms with van der Waals surface area (Å²) in [6.45, 7) is 7.75. The largest absolute Gasteiger partial charge is 0.393 e. The summed E-state index contributed by atoms with van der Waals surface area (Å²) in [5.74, 6) is 0.624. The zero-order valence-electron chi connectivity index (χ0n) is 11.9. The monoisotopic (exact) mass is 270 g/mol. The van der Waals surface area contributed by atoms with E-state index in [1.54, 1.807) is 0 Å². The maximum atomic E-state index is 12.1. The normalized spacial score (nSPS) is 24.4. The van der Waals surface area contributed by atoms with Crippen molar-refractivity contribution in [2.75, 3.05) is 45.9 Å². The molecule has 19 heavy (non-hydrogen) atoms. The van der Waals surface area contributed by atoms with Gasteiger partial charge < -0.3 is 14.7 Å². The van der Waals surface area contributed by atoms with Crippen LogP contribution in [0.5, 0.6) is 0 Å². The van der Waals surface area contributed by atoms with Gasteiger partial charge in [0, 0.05) is 39.1 Å². The summed E-state index contributed by atoms with van der Waals surface area (Å²) >= 11 is 0. The Morgan fingerprint density at radius 3 is 2.47 bits per heavy atom. The quantitative estimate of drug-likeness (QED) is 0.800. The number of morpholine rings is 1. The highest BCUT2D eigenvalue weighted by atomic mass is 16.5. The van der Waals surface area contributed by atoms with Gasteiger partial charge >= 0.3 is 0 Å². The van der Waals surface area contributed by atoms with E-state index >= 15 is 0 Å². The molecule has 5 nitrogen and oxygen atoms in total. The lowest BCUT2D eigenvalue weighted by Crippen LogP contribution is -2.43. The molecule has 2 fully saturated rings. The van der Waals surface area contributed by atoms with Crippen LogP contribution < -0.4 is 0 Å². The maximum absolute atomic E-state index is 12.1. The first-order chi connectivity index (χ1) is 9.16. The molecule has 0 saturated carbocycles. The third-order valence-electron chi connectivity index (χ3n) is 4.32. The molecule has 0 aromatic heterocycles. The topological polar surface area (TPSA) is 53.0 Å². The van der Waals surface area contributed by atoms with Crippen molar-refractivity contribution in [3.8, 4) is 0 Å². The summed E-state index contributed by atoms with van der Waals surface area (Å²) in [4.78, 5) is 16.4. The lowest BCUT2D eigenvalue weighted by Gasteiger charge is -2.34. The Morgan fingerprint density at radius 2 is 1.89 bits per heavy atom. The minimum Gasteiger partial charge on any atom is -0.393 e. The van der Waals surface area contributed by atoms with Gasteiger partial charge in [0.1, 0.15) is 0 Å². The Balaban J connectivity index is 1.66. The fourth-order valence-corrected chi connectivity index (χ4v) is 2.87. The molecule has 0 aromatic carbocycles. The van der Waals surface area contributed by atoms with Crippen LogP contribution in [0.1, 0.15) is 26.2 Å². The molecule has 1 unspecified atom stereocenters. The average molecular weight is 270 g/mol. The Kier molecular flexibility index (Phi) is 5.60. The second kappa shape index (κ2) is 7.22. The highest BCUT2D eigenvalue weighted by molar-refractivity contribution is 5.76. The van der Waals surface area contributed by atoms with E-state index in [1.807, 2.05) is 11.8 Å². The molecule has 2 aliphatic heterocycles. The van der Waals surface area contributed by atoms with E-state index in [-0.39, 0.29) is 12.0 Å². The van der Waals surface area contributed by atoms with Gasteiger partial charge in [0.05, 0.1) is 19.3 Å². The van der Waals surface area contributed by atoms with Crippen molar-refractivity contribution in [2.45, 2.75) is 32.3 Å². The summed E-state index contributed by atoms with van der Waals surface area (Å²) in [6.07, 6.45) is 2.23. The van der Waals surface area contributed by atoms with E-state index in [0.29, 0.717) is 12.3 Å². The minimum atomic E-state index is -0.245. The van der Waals surface area contributed by atoms with Crippen molar-refractivity contribution in [3.63, 3.8) is 0 Å². The summed E-state index contributed by atoms with van der Waals surface area (Å²) < 4.78 is 5.30. The van der Waals surface area contributed by atoms with Crippen LogP contribution in [0.2, 0.25) is 0 Å². The van der Waals surface area contributed by atoms with Gasteiger partial charge in [-0.25, -0.2) is 0 Å². The number of ether oxygens (including phenoxy) is 1. The first-order valence-corrected chi connectivity index (χ1v) is 7.43. The number of rotatable bonds is 4. The molecule has 1 atom stereocenters. The summed E-state index contributed by atoms with van der Waals surface area (Å²) in [5, 5.41) is 9.55. The van der Waals surface area contributed by atoms with E-state index in [4.69, 9.17) is 4.74 Å². The fraction of sp³-hybridized carbons (Fsp3) is 0.929. The molecule has 2 aliphatic rings. The molecular formula is C14H26N2O3. The highest BCUT2D eigenvalue weighted by Crippen LogP contribution is 2.20. The molecule has 5 heteroatoms. The molecule has 110 valence electrons. The molecule has 0 spiro atoms. The number of aliphatic hydroxyl groups is 1. The smallest absolute Gasteiger partial charge is 0.223 e. The highest BCUT2D eigenvalue weighted by Gasteiger charge is 2.25. The van der Waals surface area contributed by atoms with Crippen LogP contribution in [0.15, 0.2) is 0 Å². The molecular weight excluding hydrogens is 244 g/mol. The van der Waals surface area contributed by atoms with Crippen molar-refractivity contribution >= 4 is 5.91 Å². The lowest BCUT2D eigenvalue weighted by molar-refractivity contribution is -0.133. The van der Waals surface area contributed by atoms with Crippen LogP contribution in [0.25, 0.3) is 0 Å².